The van der Waals surface area contributed by atoms with Crippen LogP contribution in [0.1, 0.15) is 0 Å². The van der Waals surface area contributed by atoms with E-state index >= 15 is 0 Å². The Balaban J connectivity index is 1.43. The first kappa shape index (κ1) is 19.0. The molecule has 0 fully saturated rings. The molecular weight excluding hydrogens is 408 g/mol. The predicted octanol–water partition coefficient (Wildman–Crippen LogP) is 5.12. The van der Waals surface area contributed by atoms with Crippen LogP contribution in [0.5, 0.6) is 11.5 Å². The van der Waals surface area contributed by atoms with Gasteiger partial charge in [0, 0.05) is 0 Å². The van der Waals surface area contributed by atoms with Gasteiger partial charge in [0.15, 0.2) is 6.61 Å². The fourth-order valence-corrected chi connectivity index (χ4v) is 2.93. The topological polar surface area (TPSA) is 44.8 Å². The van der Waals surface area contributed by atoms with Crippen molar-refractivity contribution >= 4 is 21.9 Å². The van der Waals surface area contributed by atoms with E-state index in [-0.39, 0.29) is 13.2 Å². The van der Waals surface area contributed by atoms with Crippen molar-refractivity contribution in [3.05, 3.63) is 83.3 Å². The molecule has 0 atom stereocenters. The second-order valence-electron chi connectivity index (χ2n) is 5.68. The van der Waals surface area contributed by atoms with Crippen LogP contribution >= 0.6 is 15.9 Å². The lowest BCUT2D eigenvalue weighted by Crippen LogP contribution is -2.18. The first-order valence-electron chi connectivity index (χ1n) is 8.53. The molecule has 0 spiro atoms. The van der Waals surface area contributed by atoms with Crippen molar-refractivity contribution < 1.29 is 19.0 Å². The van der Waals surface area contributed by atoms with Gasteiger partial charge in [-0.1, -0.05) is 54.6 Å². The molecule has 0 saturated heterocycles. The molecule has 0 aliphatic heterocycles. The third-order valence-corrected chi connectivity index (χ3v) is 4.36. The second-order valence-corrected chi connectivity index (χ2v) is 6.54. The first-order chi connectivity index (χ1) is 13.2. The smallest absolute Gasteiger partial charge is 0.344 e. The first-order valence-corrected chi connectivity index (χ1v) is 9.33. The van der Waals surface area contributed by atoms with Gasteiger partial charge >= 0.3 is 5.97 Å². The van der Waals surface area contributed by atoms with Gasteiger partial charge in [0.05, 0.1) is 4.47 Å². The molecule has 3 aromatic rings. The van der Waals surface area contributed by atoms with Gasteiger partial charge in [-0.25, -0.2) is 4.79 Å². The van der Waals surface area contributed by atoms with Gasteiger partial charge in [-0.15, -0.1) is 0 Å². The lowest BCUT2D eigenvalue weighted by Gasteiger charge is -2.10. The molecule has 0 heterocycles. The van der Waals surface area contributed by atoms with Crippen molar-refractivity contribution in [1.29, 1.82) is 0 Å². The molecule has 0 N–H and O–H groups in total. The van der Waals surface area contributed by atoms with E-state index in [2.05, 4.69) is 15.9 Å². The second kappa shape index (κ2) is 9.78. The highest BCUT2D eigenvalue weighted by Crippen LogP contribution is 2.30. The van der Waals surface area contributed by atoms with E-state index in [1.807, 2.05) is 78.9 Å². The molecule has 0 saturated carbocycles. The van der Waals surface area contributed by atoms with Gasteiger partial charge < -0.3 is 14.2 Å². The number of benzene rings is 3. The van der Waals surface area contributed by atoms with E-state index in [0.717, 1.165) is 21.3 Å². The molecule has 0 unspecified atom stereocenters. The van der Waals surface area contributed by atoms with Crippen molar-refractivity contribution in [1.82, 2.24) is 0 Å². The Morgan fingerprint density at radius 2 is 1.48 bits per heavy atom. The van der Waals surface area contributed by atoms with Gasteiger partial charge in [0.1, 0.15) is 24.7 Å². The third kappa shape index (κ3) is 5.86. The molecule has 0 bridgehead atoms. The van der Waals surface area contributed by atoms with Crippen LogP contribution in [0.25, 0.3) is 11.1 Å². The molecule has 0 radical (unpaired) electrons. The Labute approximate surface area is 166 Å². The third-order valence-electron chi connectivity index (χ3n) is 3.74. The van der Waals surface area contributed by atoms with Gasteiger partial charge in [-0.2, -0.15) is 0 Å². The standard InChI is InChI=1S/C22H19BrO4/c23-20-15-18(17-7-3-1-4-8-17)11-12-21(20)27-16-22(24)26-14-13-25-19-9-5-2-6-10-19/h1-12,15H,13-14,16H2. The summed E-state index contributed by atoms with van der Waals surface area (Å²) < 4.78 is 16.9. The Morgan fingerprint density at radius 1 is 0.778 bits per heavy atom. The minimum absolute atomic E-state index is 0.158. The van der Waals surface area contributed by atoms with Crippen LogP contribution in [0.4, 0.5) is 0 Å². The summed E-state index contributed by atoms with van der Waals surface area (Å²) in [6.07, 6.45) is 0. The van der Waals surface area contributed by atoms with Crippen molar-refractivity contribution in [2.75, 3.05) is 19.8 Å². The normalized spacial score (nSPS) is 10.3. The van der Waals surface area contributed by atoms with E-state index in [1.165, 1.54) is 0 Å². The van der Waals surface area contributed by atoms with Crippen molar-refractivity contribution in [3.63, 3.8) is 0 Å². The number of para-hydroxylation sites is 1. The Bertz CT molecular complexity index is 866. The highest BCUT2D eigenvalue weighted by Gasteiger charge is 2.08. The zero-order valence-corrected chi connectivity index (χ0v) is 16.2. The molecule has 0 aliphatic carbocycles. The van der Waals surface area contributed by atoms with Gasteiger partial charge in [0.2, 0.25) is 0 Å². The fraction of sp³-hybridized carbons (Fsp3) is 0.136. The SMILES string of the molecule is O=C(COc1ccc(-c2ccccc2)cc1Br)OCCOc1ccccc1. The lowest BCUT2D eigenvalue weighted by molar-refractivity contribution is -0.146. The van der Waals surface area contributed by atoms with Crippen molar-refractivity contribution in [2.45, 2.75) is 0 Å². The van der Waals surface area contributed by atoms with E-state index in [1.54, 1.807) is 0 Å². The molecule has 27 heavy (non-hydrogen) atoms. The van der Waals surface area contributed by atoms with Gasteiger partial charge in [-0.05, 0) is 51.3 Å². The monoisotopic (exact) mass is 426 g/mol. The minimum Gasteiger partial charge on any atom is -0.490 e. The zero-order chi connectivity index (χ0) is 18.9. The lowest BCUT2D eigenvalue weighted by atomic mass is 10.1. The largest absolute Gasteiger partial charge is 0.490 e. The maximum Gasteiger partial charge on any atom is 0.344 e. The average molecular weight is 427 g/mol. The Morgan fingerprint density at radius 3 is 2.19 bits per heavy atom. The maximum atomic E-state index is 11.8. The molecule has 4 nitrogen and oxygen atoms in total. The Kier molecular flexibility index (Phi) is 6.88. The summed E-state index contributed by atoms with van der Waals surface area (Å²) >= 11 is 3.49. The highest BCUT2D eigenvalue weighted by atomic mass is 79.9. The number of hydrogen-bond acceptors (Lipinski definition) is 4. The predicted molar refractivity (Wildman–Crippen MR) is 108 cm³/mol. The molecule has 0 amide bonds. The minimum atomic E-state index is -0.439. The summed E-state index contributed by atoms with van der Waals surface area (Å²) in [5.74, 6) is 0.894. The van der Waals surface area contributed by atoms with E-state index in [4.69, 9.17) is 14.2 Å². The van der Waals surface area contributed by atoms with Crippen molar-refractivity contribution in [2.24, 2.45) is 0 Å². The highest BCUT2D eigenvalue weighted by molar-refractivity contribution is 9.10. The molecular formula is C22H19BrO4. The summed E-state index contributed by atoms with van der Waals surface area (Å²) in [5, 5.41) is 0. The number of ether oxygens (including phenoxy) is 3. The van der Waals surface area contributed by atoms with E-state index in [9.17, 15) is 4.79 Å². The van der Waals surface area contributed by atoms with E-state index < -0.39 is 5.97 Å². The van der Waals surface area contributed by atoms with Crippen LogP contribution in [-0.2, 0) is 9.53 Å². The molecule has 0 aromatic heterocycles. The number of carbonyl (C=O) groups is 1. The summed E-state index contributed by atoms with van der Waals surface area (Å²) in [7, 11) is 0. The van der Waals surface area contributed by atoms with Crippen LogP contribution in [0.3, 0.4) is 0 Å². The summed E-state index contributed by atoms with van der Waals surface area (Å²) in [6, 6.07) is 25.2. The zero-order valence-electron chi connectivity index (χ0n) is 14.6. The Hall–Kier alpha value is -2.79. The average Bonchev–Trinajstić information content (AvgIpc) is 2.72. The number of carbonyl (C=O) groups excluding carboxylic acids is 1. The number of hydrogen-bond donors (Lipinski definition) is 0. The molecule has 3 aromatic carbocycles. The molecule has 138 valence electrons. The van der Waals surface area contributed by atoms with Crippen LogP contribution in [0.15, 0.2) is 83.3 Å². The van der Waals surface area contributed by atoms with Crippen LogP contribution in [0.2, 0.25) is 0 Å². The maximum absolute atomic E-state index is 11.8. The number of halogens is 1. The molecule has 3 rings (SSSR count). The van der Waals surface area contributed by atoms with Crippen LogP contribution in [0, 0.1) is 0 Å². The van der Waals surface area contributed by atoms with Crippen LogP contribution < -0.4 is 9.47 Å². The van der Waals surface area contributed by atoms with Crippen LogP contribution in [-0.4, -0.2) is 25.8 Å². The van der Waals surface area contributed by atoms with Gasteiger partial charge in [-0.3, -0.25) is 0 Å². The summed E-state index contributed by atoms with van der Waals surface area (Å²) in [5.41, 5.74) is 2.18. The summed E-state index contributed by atoms with van der Waals surface area (Å²) in [4.78, 5) is 11.8. The number of rotatable bonds is 8. The quantitative estimate of drug-likeness (QED) is 0.370. The van der Waals surface area contributed by atoms with E-state index in [0.29, 0.717) is 12.4 Å². The van der Waals surface area contributed by atoms with Gasteiger partial charge in [0.25, 0.3) is 0 Å². The van der Waals surface area contributed by atoms with Crippen molar-refractivity contribution in [3.8, 4) is 22.6 Å². The summed E-state index contributed by atoms with van der Waals surface area (Å²) in [6.45, 7) is 0.311. The number of esters is 1. The fourth-order valence-electron chi connectivity index (χ4n) is 2.44. The molecule has 5 heteroatoms. The molecule has 0 aliphatic rings.